The first-order valence-corrected chi connectivity index (χ1v) is 8.72. The summed E-state index contributed by atoms with van der Waals surface area (Å²) in [5.41, 5.74) is 0. The number of hydrogen-bond acceptors (Lipinski definition) is 3. The molecule has 1 aromatic heterocycles. The van der Waals surface area contributed by atoms with Crippen molar-refractivity contribution in [1.82, 2.24) is 10.2 Å². The molecule has 1 saturated heterocycles. The van der Waals surface area contributed by atoms with Crippen LogP contribution in [0.5, 0.6) is 0 Å². The Morgan fingerprint density at radius 1 is 1.35 bits per heavy atom. The molecule has 4 rings (SSSR count). The molecule has 3 aliphatic rings. The van der Waals surface area contributed by atoms with Crippen molar-refractivity contribution in [3.05, 3.63) is 22.4 Å². The summed E-state index contributed by atoms with van der Waals surface area (Å²) in [6, 6.07) is 4.18. The van der Waals surface area contributed by atoms with Gasteiger partial charge in [-0.3, -0.25) is 10.1 Å². The molecule has 4 heteroatoms. The second kappa shape index (κ2) is 4.85. The Morgan fingerprint density at radius 2 is 2.05 bits per heavy atom. The zero-order chi connectivity index (χ0) is 13.7. The maximum absolute atomic E-state index is 12.5. The maximum atomic E-state index is 12.5. The zero-order valence-corrected chi connectivity index (χ0v) is 12.7. The summed E-state index contributed by atoms with van der Waals surface area (Å²) in [5.74, 6) is 2.84. The summed E-state index contributed by atoms with van der Waals surface area (Å²) in [5, 5.41) is 5.57. The van der Waals surface area contributed by atoms with Crippen LogP contribution in [0, 0.1) is 17.8 Å². The maximum Gasteiger partial charge on any atom is 0.241 e. The highest BCUT2D eigenvalue weighted by atomic mass is 32.1. The van der Waals surface area contributed by atoms with E-state index in [4.69, 9.17) is 0 Å². The minimum absolute atomic E-state index is 0.0406. The van der Waals surface area contributed by atoms with Crippen LogP contribution >= 0.6 is 11.3 Å². The number of hydrogen-bond donors (Lipinski definition) is 1. The standard InChI is InChI=1S/C16H22N2OS/c1-10-16(19)18(15(17-10)14-3-2-8-20-14)9-13(11-4-5-11)12-6-7-12/h2-3,8,10-13,15,17H,4-7,9H2,1H3. The minimum Gasteiger partial charge on any atom is -0.320 e. The van der Waals surface area contributed by atoms with Crippen molar-refractivity contribution >= 4 is 17.2 Å². The van der Waals surface area contributed by atoms with Crippen LogP contribution in [0.4, 0.5) is 0 Å². The van der Waals surface area contributed by atoms with Crippen LogP contribution in [-0.2, 0) is 4.79 Å². The fourth-order valence-electron chi connectivity index (χ4n) is 3.61. The van der Waals surface area contributed by atoms with Gasteiger partial charge in [-0.05, 0) is 61.8 Å². The van der Waals surface area contributed by atoms with Gasteiger partial charge in [-0.2, -0.15) is 0 Å². The molecule has 108 valence electrons. The van der Waals surface area contributed by atoms with E-state index in [1.165, 1.54) is 30.6 Å². The molecule has 2 unspecified atom stereocenters. The molecular formula is C16H22N2OS. The van der Waals surface area contributed by atoms with Gasteiger partial charge in [-0.1, -0.05) is 6.07 Å². The molecule has 0 radical (unpaired) electrons. The van der Waals surface area contributed by atoms with Crippen LogP contribution in [-0.4, -0.2) is 23.4 Å². The average molecular weight is 290 g/mol. The van der Waals surface area contributed by atoms with E-state index in [0.29, 0.717) is 0 Å². The Morgan fingerprint density at radius 3 is 2.60 bits per heavy atom. The largest absolute Gasteiger partial charge is 0.320 e. The van der Waals surface area contributed by atoms with Crippen molar-refractivity contribution in [2.45, 2.75) is 44.8 Å². The topological polar surface area (TPSA) is 32.3 Å². The van der Waals surface area contributed by atoms with Crippen molar-refractivity contribution in [3.8, 4) is 0 Å². The predicted molar refractivity (Wildman–Crippen MR) is 80.3 cm³/mol. The normalized spacial score (nSPS) is 30.5. The van der Waals surface area contributed by atoms with Gasteiger partial charge in [0.2, 0.25) is 5.91 Å². The van der Waals surface area contributed by atoms with Crippen LogP contribution in [0.1, 0.15) is 43.6 Å². The van der Waals surface area contributed by atoms with Crippen molar-refractivity contribution < 1.29 is 4.79 Å². The second-order valence-electron chi connectivity index (χ2n) is 6.64. The molecule has 3 nitrogen and oxygen atoms in total. The Balaban J connectivity index is 1.55. The SMILES string of the molecule is CC1NC(c2cccs2)N(CC(C2CC2)C2CC2)C1=O. The van der Waals surface area contributed by atoms with E-state index >= 15 is 0 Å². The van der Waals surface area contributed by atoms with Gasteiger partial charge in [-0.25, -0.2) is 0 Å². The molecule has 2 saturated carbocycles. The first-order valence-electron chi connectivity index (χ1n) is 7.84. The van der Waals surface area contributed by atoms with Crippen molar-refractivity contribution in [3.63, 3.8) is 0 Å². The van der Waals surface area contributed by atoms with Crippen LogP contribution in [0.3, 0.4) is 0 Å². The van der Waals surface area contributed by atoms with Crippen LogP contribution in [0.25, 0.3) is 0 Å². The lowest BCUT2D eigenvalue weighted by Crippen LogP contribution is -2.36. The smallest absolute Gasteiger partial charge is 0.241 e. The van der Waals surface area contributed by atoms with Crippen molar-refractivity contribution in [2.24, 2.45) is 17.8 Å². The van der Waals surface area contributed by atoms with E-state index in [0.717, 1.165) is 24.3 Å². The molecule has 3 fully saturated rings. The minimum atomic E-state index is -0.0406. The molecule has 2 atom stereocenters. The Bertz CT molecular complexity index is 481. The molecule has 20 heavy (non-hydrogen) atoms. The lowest BCUT2D eigenvalue weighted by molar-refractivity contribution is -0.130. The van der Waals surface area contributed by atoms with E-state index in [-0.39, 0.29) is 18.1 Å². The van der Waals surface area contributed by atoms with E-state index < -0.39 is 0 Å². The number of thiophene rings is 1. The van der Waals surface area contributed by atoms with E-state index in [1.54, 1.807) is 11.3 Å². The quantitative estimate of drug-likeness (QED) is 0.904. The molecule has 1 N–H and O–H groups in total. The molecule has 0 spiro atoms. The van der Waals surface area contributed by atoms with Crippen molar-refractivity contribution in [1.29, 1.82) is 0 Å². The molecule has 2 heterocycles. The Kier molecular flexibility index (Phi) is 3.11. The molecule has 2 aliphatic carbocycles. The summed E-state index contributed by atoms with van der Waals surface area (Å²) in [6.45, 7) is 2.96. The van der Waals surface area contributed by atoms with Gasteiger partial charge in [0, 0.05) is 11.4 Å². The lowest BCUT2D eigenvalue weighted by atomic mass is 9.97. The first kappa shape index (κ1) is 12.8. The number of amides is 1. The molecule has 1 aromatic rings. The third kappa shape index (κ3) is 2.29. The Labute approximate surface area is 124 Å². The zero-order valence-electron chi connectivity index (χ0n) is 11.9. The first-order chi connectivity index (χ1) is 9.74. The van der Waals surface area contributed by atoms with Gasteiger partial charge in [0.1, 0.15) is 6.17 Å². The molecular weight excluding hydrogens is 268 g/mol. The molecule has 1 aliphatic heterocycles. The van der Waals surface area contributed by atoms with Gasteiger partial charge in [-0.15, -0.1) is 11.3 Å². The lowest BCUT2D eigenvalue weighted by Gasteiger charge is -2.28. The second-order valence-corrected chi connectivity index (χ2v) is 7.61. The number of nitrogens with one attached hydrogen (secondary N) is 1. The summed E-state index contributed by atoms with van der Waals surface area (Å²) >= 11 is 1.75. The average Bonchev–Trinajstić information content (AvgIpc) is 3.37. The highest BCUT2D eigenvalue weighted by Gasteiger charge is 2.46. The molecule has 1 amide bonds. The number of carbonyl (C=O) groups excluding carboxylic acids is 1. The van der Waals surface area contributed by atoms with Crippen LogP contribution in [0.2, 0.25) is 0 Å². The summed E-state index contributed by atoms with van der Waals surface area (Å²) < 4.78 is 0. The van der Waals surface area contributed by atoms with Gasteiger partial charge >= 0.3 is 0 Å². The molecule has 0 bridgehead atoms. The van der Waals surface area contributed by atoms with E-state index in [9.17, 15) is 4.79 Å². The van der Waals surface area contributed by atoms with Crippen LogP contribution in [0.15, 0.2) is 17.5 Å². The third-order valence-corrected chi connectivity index (χ3v) is 5.97. The highest BCUT2D eigenvalue weighted by Crippen LogP contribution is 2.50. The number of nitrogens with zero attached hydrogens (tertiary/aromatic N) is 1. The summed E-state index contributed by atoms with van der Waals surface area (Å²) in [7, 11) is 0. The van der Waals surface area contributed by atoms with Gasteiger partial charge < -0.3 is 4.90 Å². The summed E-state index contributed by atoms with van der Waals surface area (Å²) in [6.07, 6.45) is 5.65. The monoisotopic (exact) mass is 290 g/mol. The fourth-order valence-corrected chi connectivity index (χ4v) is 4.41. The Hall–Kier alpha value is -0.870. The van der Waals surface area contributed by atoms with Gasteiger partial charge in [0.05, 0.1) is 6.04 Å². The highest BCUT2D eigenvalue weighted by molar-refractivity contribution is 7.10. The van der Waals surface area contributed by atoms with Gasteiger partial charge in [0.25, 0.3) is 0 Å². The van der Waals surface area contributed by atoms with Crippen LogP contribution < -0.4 is 5.32 Å². The number of carbonyl (C=O) groups is 1. The summed E-state index contributed by atoms with van der Waals surface area (Å²) in [4.78, 5) is 15.9. The van der Waals surface area contributed by atoms with E-state index in [1.807, 2.05) is 6.92 Å². The fraction of sp³-hybridized carbons (Fsp3) is 0.688. The van der Waals surface area contributed by atoms with Gasteiger partial charge in [0.15, 0.2) is 0 Å². The third-order valence-electron chi connectivity index (χ3n) is 5.05. The molecule has 0 aromatic carbocycles. The van der Waals surface area contributed by atoms with E-state index in [2.05, 4.69) is 27.7 Å². The predicted octanol–water partition coefficient (Wildman–Crippen LogP) is 3.00. The van der Waals surface area contributed by atoms with Crippen molar-refractivity contribution in [2.75, 3.05) is 6.54 Å². The number of rotatable bonds is 5.